The smallest absolute Gasteiger partial charge is 0.233 e. The molecule has 2 aromatic rings. The molecule has 1 aromatic heterocycles. The largest absolute Gasteiger partial charge is 0.359 e. The van der Waals surface area contributed by atoms with Gasteiger partial charge in [0.05, 0.1) is 11.8 Å². The lowest BCUT2D eigenvalue weighted by Crippen LogP contribution is -2.30. The number of hydrogen-bond donors (Lipinski definition) is 1. The van der Waals surface area contributed by atoms with Crippen LogP contribution in [0.2, 0.25) is 0 Å². The predicted octanol–water partition coefficient (Wildman–Crippen LogP) is 2.71. The average molecular weight is 276 g/mol. The van der Waals surface area contributed by atoms with Crippen LogP contribution in [0.15, 0.2) is 40.9 Å². The van der Waals surface area contributed by atoms with Crippen LogP contribution in [0.25, 0.3) is 11.3 Å². The molecule has 0 spiro atoms. The van der Waals surface area contributed by atoms with Crippen molar-refractivity contribution in [2.24, 2.45) is 0 Å². The minimum atomic E-state index is -0.0588. The molecule has 2 rings (SSSR count). The Balaban J connectivity index is 1.97. The van der Waals surface area contributed by atoms with Gasteiger partial charge in [-0.3, -0.25) is 4.79 Å². The van der Waals surface area contributed by atoms with E-state index in [2.05, 4.69) is 10.5 Å². The second-order valence-corrected chi connectivity index (χ2v) is 5.32. The molecule has 0 radical (unpaired) electrons. The molecule has 1 heterocycles. The second-order valence-electron chi connectivity index (χ2n) is 4.14. The molecule has 1 aromatic carbocycles. The molecule has 0 aliphatic rings. The van der Waals surface area contributed by atoms with Crippen molar-refractivity contribution >= 4 is 17.7 Å². The lowest BCUT2D eigenvalue weighted by Gasteiger charge is -2.07. The molecular formula is C14H16N2O2S. The van der Waals surface area contributed by atoms with Crippen molar-refractivity contribution in [1.29, 1.82) is 0 Å². The van der Waals surface area contributed by atoms with E-state index >= 15 is 0 Å². The summed E-state index contributed by atoms with van der Waals surface area (Å²) in [5, 5.41) is 6.76. The standard InChI is InChI=1S/C14H16N2O2S/c1-10(19-2)14(17)15-9-12-8-13(16-18-12)11-6-4-3-5-7-11/h3-8,10H,9H2,1-2H3,(H,15,17)/t10-/m0/s1. The maximum absolute atomic E-state index is 11.6. The van der Waals surface area contributed by atoms with E-state index in [1.807, 2.05) is 49.6 Å². The summed E-state index contributed by atoms with van der Waals surface area (Å²) in [6.45, 7) is 2.24. The van der Waals surface area contributed by atoms with Gasteiger partial charge in [-0.25, -0.2) is 0 Å². The third-order valence-corrected chi connectivity index (χ3v) is 3.71. The number of hydrogen-bond acceptors (Lipinski definition) is 4. The number of rotatable bonds is 5. The third-order valence-electron chi connectivity index (χ3n) is 2.79. The van der Waals surface area contributed by atoms with Crippen molar-refractivity contribution in [1.82, 2.24) is 10.5 Å². The van der Waals surface area contributed by atoms with E-state index in [0.29, 0.717) is 12.3 Å². The Kier molecular flexibility index (Phi) is 4.63. The number of carbonyl (C=O) groups excluding carboxylic acids is 1. The molecule has 5 heteroatoms. The molecule has 0 aliphatic carbocycles. The Morgan fingerprint density at radius 2 is 2.16 bits per heavy atom. The summed E-state index contributed by atoms with van der Waals surface area (Å²) in [4.78, 5) is 11.6. The zero-order valence-electron chi connectivity index (χ0n) is 10.9. The fraction of sp³-hybridized carbons (Fsp3) is 0.286. The highest BCUT2D eigenvalue weighted by atomic mass is 32.2. The van der Waals surface area contributed by atoms with Gasteiger partial charge in [-0.2, -0.15) is 11.8 Å². The number of carbonyl (C=O) groups is 1. The Hall–Kier alpha value is -1.75. The SMILES string of the molecule is CS[C@@H](C)C(=O)NCc1cc(-c2ccccc2)no1. The fourth-order valence-electron chi connectivity index (χ4n) is 1.57. The fourth-order valence-corrected chi connectivity index (χ4v) is 1.86. The lowest BCUT2D eigenvalue weighted by atomic mass is 10.1. The molecule has 0 saturated carbocycles. The van der Waals surface area contributed by atoms with Crippen LogP contribution in [0.5, 0.6) is 0 Å². The van der Waals surface area contributed by atoms with Crippen LogP contribution in [-0.2, 0) is 11.3 Å². The lowest BCUT2D eigenvalue weighted by molar-refractivity contribution is -0.120. The van der Waals surface area contributed by atoms with Crippen molar-refractivity contribution < 1.29 is 9.32 Å². The topological polar surface area (TPSA) is 55.1 Å². The average Bonchev–Trinajstić information content (AvgIpc) is 2.93. The first-order valence-electron chi connectivity index (χ1n) is 6.02. The van der Waals surface area contributed by atoms with Gasteiger partial charge in [0.15, 0.2) is 5.76 Å². The molecule has 0 fully saturated rings. The maximum atomic E-state index is 11.6. The van der Waals surface area contributed by atoms with E-state index < -0.39 is 0 Å². The van der Waals surface area contributed by atoms with Crippen LogP contribution < -0.4 is 5.32 Å². The summed E-state index contributed by atoms with van der Waals surface area (Å²) < 4.78 is 5.21. The van der Waals surface area contributed by atoms with Gasteiger partial charge < -0.3 is 9.84 Å². The Labute approximate surface area is 116 Å². The highest BCUT2D eigenvalue weighted by molar-refractivity contribution is 7.99. The Morgan fingerprint density at radius 3 is 2.84 bits per heavy atom. The first kappa shape index (κ1) is 13.7. The van der Waals surface area contributed by atoms with E-state index in [0.717, 1.165) is 11.3 Å². The van der Waals surface area contributed by atoms with Gasteiger partial charge in [-0.05, 0) is 13.2 Å². The minimum Gasteiger partial charge on any atom is -0.359 e. The summed E-state index contributed by atoms with van der Waals surface area (Å²) in [5.41, 5.74) is 1.78. The van der Waals surface area contributed by atoms with Crippen LogP contribution >= 0.6 is 11.8 Å². The van der Waals surface area contributed by atoms with Crippen molar-refractivity contribution in [2.75, 3.05) is 6.26 Å². The van der Waals surface area contributed by atoms with Crippen LogP contribution in [0.4, 0.5) is 0 Å². The zero-order valence-corrected chi connectivity index (χ0v) is 11.7. The monoisotopic (exact) mass is 276 g/mol. The first-order chi connectivity index (χ1) is 9.20. The Morgan fingerprint density at radius 1 is 1.42 bits per heavy atom. The van der Waals surface area contributed by atoms with Crippen LogP contribution in [0, 0.1) is 0 Å². The molecule has 1 amide bonds. The summed E-state index contributed by atoms with van der Waals surface area (Å²) in [6.07, 6.45) is 1.91. The van der Waals surface area contributed by atoms with Crippen LogP contribution in [0.3, 0.4) is 0 Å². The van der Waals surface area contributed by atoms with Gasteiger partial charge in [0.25, 0.3) is 0 Å². The van der Waals surface area contributed by atoms with E-state index in [-0.39, 0.29) is 11.2 Å². The van der Waals surface area contributed by atoms with Gasteiger partial charge in [-0.1, -0.05) is 35.5 Å². The second kappa shape index (κ2) is 6.43. The normalized spacial score (nSPS) is 12.1. The maximum Gasteiger partial charge on any atom is 0.233 e. The predicted molar refractivity (Wildman–Crippen MR) is 76.8 cm³/mol. The number of nitrogens with zero attached hydrogens (tertiary/aromatic N) is 1. The van der Waals surface area contributed by atoms with Crippen molar-refractivity contribution in [3.63, 3.8) is 0 Å². The van der Waals surface area contributed by atoms with Crippen molar-refractivity contribution in [3.05, 3.63) is 42.2 Å². The molecule has 0 bridgehead atoms. The summed E-state index contributed by atoms with van der Waals surface area (Å²) in [5.74, 6) is 0.658. The molecular weight excluding hydrogens is 260 g/mol. The number of benzene rings is 1. The van der Waals surface area contributed by atoms with Crippen LogP contribution in [0.1, 0.15) is 12.7 Å². The van der Waals surface area contributed by atoms with E-state index in [1.165, 1.54) is 11.8 Å². The number of thioether (sulfide) groups is 1. The zero-order chi connectivity index (χ0) is 13.7. The van der Waals surface area contributed by atoms with E-state index in [1.54, 1.807) is 0 Å². The van der Waals surface area contributed by atoms with Crippen molar-refractivity contribution in [3.8, 4) is 11.3 Å². The molecule has 19 heavy (non-hydrogen) atoms. The highest BCUT2D eigenvalue weighted by Gasteiger charge is 2.12. The molecule has 0 aliphatic heterocycles. The van der Waals surface area contributed by atoms with Crippen molar-refractivity contribution in [2.45, 2.75) is 18.7 Å². The molecule has 4 nitrogen and oxygen atoms in total. The van der Waals surface area contributed by atoms with Gasteiger partial charge >= 0.3 is 0 Å². The van der Waals surface area contributed by atoms with Gasteiger partial charge in [0.1, 0.15) is 5.69 Å². The molecule has 0 saturated heterocycles. The molecule has 100 valence electrons. The first-order valence-corrected chi connectivity index (χ1v) is 7.31. The quantitative estimate of drug-likeness (QED) is 0.912. The molecule has 1 atom stereocenters. The number of amides is 1. The van der Waals surface area contributed by atoms with E-state index in [9.17, 15) is 4.79 Å². The van der Waals surface area contributed by atoms with E-state index in [4.69, 9.17) is 4.52 Å². The van der Waals surface area contributed by atoms with Gasteiger partial charge in [-0.15, -0.1) is 0 Å². The molecule has 1 N–H and O–H groups in total. The van der Waals surface area contributed by atoms with Gasteiger partial charge in [0, 0.05) is 11.6 Å². The minimum absolute atomic E-state index is 0.00478. The molecule has 0 unspecified atom stereocenters. The number of nitrogens with one attached hydrogen (secondary N) is 1. The van der Waals surface area contributed by atoms with Gasteiger partial charge in [0.2, 0.25) is 5.91 Å². The number of aromatic nitrogens is 1. The summed E-state index contributed by atoms with van der Waals surface area (Å²) in [7, 11) is 0. The summed E-state index contributed by atoms with van der Waals surface area (Å²) in [6, 6.07) is 11.6. The Bertz CT molecular complexity index is 539. The highest BCUT2D eigenvalue weighted by Crippen LogP contribution is 2.18. The summed E-state index contributed by atoms with van der Waals surface area (Å²) >= 11 is 1.51. The van der Waals surface area contributed by atoms with Crippen LogP contribution in [-0.4, -0.2) is 22.6 Å². The third kappa shape index (κ3) is 3.61.